The van der Waals surface area contributed by atoms with Crippen LogP contribution < -0.4 is 15.4 Å². The summed E-state index contributed by atoms with van der Waals surface area (Å²) < 4.78 is 32.8. The van der Waals surface area contributed by atoms with Crippen molar-refractivity contribution in [2.24, 2.45) is 11.8 Å². The first-order chi connectivity index (χ1) is 32.0. The Bertz CT molecular complexity index is 2830. The van der Waals surface area contributed by atoms with E-state index in [0.717, 1.165) is 65.4 Å². The third kappa shape index (κ3) is 7.38. The van der Waals surface area contributed by atoms with Gasteiger partial charge in [0.1, 0.15) is 29.8 Å². The fourth-order valence-corrected chi connectivity index (χ4v) is 11.0. The van der Waals surface area contributed by atoms with Gasteiger partial charge >= 0.3 is 6.09 Å². The number of halogens is 1. The van der Waals surface area contributed by atoms with Crippen LogP contribution in [0.25, 0.3) is 44.5 Å². The Balaban J connectivity index is 0.892. The lowest BCUT2D eigenvalue weighted by Gasteiger charge is -2.44. The van der Waals surface area contributed by atoms with E-state index in [1.807, 2.05) is 84.3 Å². The summed E-state index contributed by atoms with van der Waals surface area (Å²) >= 11 is 0. The quantitative estimate of drug-likeness (QED) is 0.0881. The monoisotopic (exact) mass is 894 g/mol. The topological polar surface area (TPSA) is 167 Å². The Morgan fingerprint density at radius 3 is 2.50 bits per heavy atom. The standard InChI is InChI=1S/C51H55FN8O6/c1-28(2)43(54-27-64-4)47(61)59-21-9-12-41(59)46-53-25-40(55-46)37-19-18-36-35-17-13-30(22-32(35)26-66-45(36)42(37)52)31-14-20-38-39(23-31)57-49(56-38)51(3)33-15-16-34(24-33)60(51)48(62)44(58-50(63)65-5)29-10-7-6-8-11-29/h6-8,10-11,13-14,17-20,22-23,25,28,33-34,41,43-44,54H,9,12,15-16,21,24,26-27H2,1-5H3,(H,53,55)(H,56,57)(H,58,63). The van der Waals surface area contributed by atoms with Crippen molar-refractivity contribution < 1.29 is 33.0 Å². The van der Waals surface area contributed by atoms with Crippen molar-refractivity contribution >= 4 is 28.9 Å². The summed E-state index contributed by atoms with van der Waals surface area (Å²) in [5, 5.41) is 6.00. The fraction of sp³-hybridized carbons (Fsp3) is 0.392. The summed E-state index contributed by atoms with van der Waals surface area (Å²) in [6, 6.07) is 23.6. The maximum Gasteiger partial charge on any atom is 0.407 e. The number of nitrogens with one attached hydrogen (secondary N) is 4. The van der Waals surface area contributed by atoms with Crippen molar-refractivity contribution in [3.8, 4) is 39.3 Å². The lowest BCUT2D eigenvalue weighted by Crippen LogP contribution is -2.55. The van der Waals surface area contributed by atoms with Gasteiger partial charge in [-0.1, -0.05) is 62.4 Å². The maximum absolute atomic E-state index is 16.5. The molecular formula is C51H55FN8O6. The van der Waals surface area contributed by atoms with Crippen LogP contribution in [0.1, 0.15) is 87.7 Å². The Labute approximate surface area is 382 Å². The normalized spacial score (nSPS) is 21.7. The van der Waals surface area contributed by atoms with Crippen molar-refractivity contribution in [3.63, 3.8) is 0 Å². The second-order valence-electron chi connectivity index (χ2n) is 18.5. The number of piperidine rings is 1. The van der Waals surface area contributed by atoms with Gasteiger partial charge in [0, 0.05) is 30.8 Å². The molecule has 1 aliphatic carbocycles. The zero-order chi connectivity index (χ0) is 45.9. The molecule has 6 atom stereocenters. The number of hydrogen-bond acceptors (Lipinski definition) is 9. The lowest BCUT2D eigenvalue weighted by atomic mass is 9.83. The van der Waals surface area contributed by atoms with E-state index in [9.17, 15) is 14.4 Å². The number of ether oxygens (including phenoxy) is 3. The SMILES string of the molecule is COCNC(C(=O)N1CCCC1c1ncc(-c2ccc3c(c2F)OCc2cc(-c4ccc5nc(C6(C)C7CCC(C7)N6C(=O)C(NC(=O)OC)c6ccccc6)[nH]c5c4)ccc2-3)[nH]1)C(C)C. The van der Waals surface area contributed by atoms with Gasteiger partial charge in [-0.05, 0) is 109 Å². The molecule has 3 fully saturated rings. The van der Waals surface area contributed by atoms with Crippen molar-refractivity contribution in [2.45, 2.75) is 89.2 Å². The molecule has 6 unspecified atom stereocenters. The molecule has 2 bridgehead atoms. The van der Waals surface area contributed by atoms with Crippen LogP contribution in [0.2, 0.25) is 0 Å². The second kappa shape index (κ2) is 17.3. The molecule has 4 N–H and O–H groups in total. The Hall–Kier alpha value is -6.58. The summed E-state index contributed by atoms with van der Waals surface area (Å²) in [5.74, 6) is 1.12. The molecule has 5 heterocycles. The number of hydrogen-bond donors (Lipinski definition) is 4. The number of alkyl carbamates (subject to hydrolysis) is 1. The molecule has 4 aliphatic rings. The minimum Gasteiger partial charge on any atom is -0.485 e. The third-order valence-electron chi connectivity index (χ3n) is 14.4. The first-order valence-electron chi connectivity index (χ1n) is 22.9. The number of fused-ring (bicyclic) bond motifs is 6. The van der Waals surface area contributed by atoms with Gasteiger partial charge in [0.25, 0.3) is 5.91 Å². The van der Waals surface area contributed by atoms with Gasteiger partial charge in [0.2, 0.25) is 5.91 Å². The highest BCUT2D eigenvalue weighted by molar-refractivity contribution is 5.89. The van der Waals surface area contributed by atoms with Crippen LogP contribution in [0.15, 0.2) is 85.1 Å². The molecule has 6 aromatic rings. The first-order valence-corrected chi connectivity index (χ1v) is 22.9. The van der Waals surface area contributed by atoms with Crippen LogP contribution in [0.5, 0.6) is 5.75 Å². The number of nitrogens with zero attached hydrogens (tertiary/aromatic N) is 4. The number of likely N-dealkylation sites (tertiary alicyclic amines) is 2. The van der Waals surface area contributed by atoms with E-state index < -0.39 is 29.5 Å². The highest BCUT2D eigenvalue weighted by Crippen LogP contribution is 2.55. The van der Waals surface area contributed by atoms with Gasteiger partial charge < -0.3 is 39.3 Å². The molecule has 1 saturated carbocycles. The van der Waals surface area contributed by atoms with Gasteiger partial charge in [0.15, 0.2) is 11.6 Å². The maximum atomic E-state index is 16.5. The summed E-state index contributed by atoms with van der Waals surface area (Å²) in [6.45, 7) is 7.19. The van der Waals surface area contributed by atoms with Crippen LogP contribution >= 0.6 is 0 Å². The second-order valence-corrected chi connectivity index (χ2v) is 18.5. The Morgan fingerprint density at radius 1 is 0.939 bits per heavy atom. The van der Waals surface area contributed by atoms with Gasteiger partial charge in [0.05, 0.1) is 48.8 Å². The molecule has 4 aromatic carbocycles. The van der Waals surface area contributed by atoms with E-state index in [4.69, 9.17) is 19.2 Å². The number of aromatic amines is 2. The molecule has 3 amide bonds. The average molecular weight is 895 g/mol. The number of carbonyl (C=O) groups is 3. The van der Waals surface area contributed by atoms with E-state index in [2.05, 4.69) is 44.6 Å². The molecule has 14 nitrogen and oxygen atoms in total. The molecule has 0 radical (unpaired) electrons. The number of methoxy groups -OCH3 is 2. The number of H-pyrrole nitrogens is 2. The number of carbonyl (C=O) groups excluding carboxylic acids is 3. The van der Waals surface area contributed by atoms with Crippen molar-refractivity contribution in [2.75, 3.05) is 27.5 Å². The minimum atomic E-state index is -0.920. The molecule has 0 spiro atoms. The van der Waals surface area contributed by atoms with Gasteiger partial charge in [-0.3, -0.25) is 14.9 Å². The van der Waals surface area contributed by atoms with Crippen LogP contribution in [-0.4, -0.2) is 87.2 Å². The van der Waals surface area contributed by atoms with Gasteiger partial charge in [-0.25, -0.2) is 19.2 Å². The largest absolute Gasteiger partial charge is 0.485 e. The highest BCUT2D eigenvalue weighted by atomic mass is 19.1. The van der Waals surface area contributed by atoms with E-state index in [1.54, 1.807) is 19.4 Å². The van der Waals surface area contributed by atoms with Crippen LogP contribution in [0, 0.1) is 17.7 Å². The fourth-order valence-electron chi connectivity index (χ4n) is 11.0. The highest BCUT2D eigenvalue weighted by Gasteiger charge is 2.59. The lowest BCUT2D eigenvalue weighted by molar-refractivity contribution is -0.143. The Morgan fingerprint density at radius 2 is 1.71 bits per heavy atom. The molecule has 15 heteroatoms. The number of rotatable bonds is 12. The third-order valence-corrected chi connectivity index (χ3v) is 14.4. The van der Waals surface area contributed by atoms with E-state index in [1.165, 1.54) is 7.11 Å². The van der Waals surface area contributed by atoms with E-state index in [0.29, 0.717) is 40.6 Å². The van der Waals surface area contributed by atoms with E-state index >= 15 is 4.39 Å². The summed E-state index contributed by atoms with van der Waals surface area (Å²) in [4.78, 5) is 61.3. The molecule has 3 aliphatic heterocycles. The average Bonchev–Trinajstić information content (AvgIpc) is 4.20. The molecule has 2 saturated heterocycles. The van der Waals surface area contributed by atoms with Crippen molar-refractivity contribution in [1.82, 2.24) is 40.4 Å². The van der Waals surface area contributed by atoms with Crippen LogP contribution in [0.3, 0.4) is 0 Å². The molecule has 10 rings (SSSR count). The van der Waals surface area contributed by atoms with E-state index in [-0.39, 0.29) is 54.8 Å². The number of aromatic nitrogens is 4. The smallest absolute Gasteiger partial charge is 0.407 e. The zero-order valence-electron chi connectivity index (χ0n) is 37.8. The molecule has 342 valence electrons. The molecular weight excluding hydrogens is 840 g/mol. The van der Waals surface area contributed by atoms with Crippen LogP contribution in [0.4, 0.5) is 9.18 Å². The number of amides is 3. The molecule has 2 aromatic heterocycles. The first kappa shape index (κ1) is 43.3. The minimum absolute atomic E-state index is 0.00116. The van der Waals surface area contributed by atoms with Crippen LogP contribution in [-0.2, 0) is 31.2 Å². The number of benzene rings is 4. The molecule has 66 heavy (non-hydrogen) atoms. The summed E-state index contributed by atoms with van der Waals surface area (Å²) in [7, 11) is 2.89. The van der Waals surface area contributed by atoms with Gasteiger partial charge in [-0.15, -0.1) is 0 Å². The van der Waals surface area contributed by atoms with Crippen molar-refractivity contribution in [1.29, 1.82) is 0 Å². The zero-order valence-corrected chi connectivity index (χ0v) is 37.8. The predicted molar refractivity (Wildman–Crippen MR) is 246 cm³/mol. The van der Waals surface area contributed by atoms with Gasteiger partial charge in [-0.2, -0.15) is 0 Å². The predicted octanol–water partition coefficient (Wildman–Crippen LogP) is 8.52. The summed E-state index contributed by atoms with van der Waals surface area (Å²) in [5.41, 5.74) is 6.87. The number of imidazole rings is 2. The Kier molecular flexibility index (Phi) is 11.4. The summed E-state index contributed by atoms with van der Waals surface area (Å²) in [6.07, 6.45) is 5.28. The van der Waals surface area contributed by atoms with Crippen molar-refractivity contribution in [3.05, 3.63) is 114 Å².